The molecular weight excluding hydrogens is 262 g/mol. The predicted octanol–water partition coefficient (Wildman–Crippen LogP) is 3.88. The van der Waals surface area contributed by atoms with Crippen molar-refractivity contribution >= 4 is 17.4 Å². The van der Waals surface area contributed by atoms with Crippen LogP contribution in [0.3, 0.4) is 0 Å². The Hall–Kier alpha value is -1.87. The zero-order valence-corrected chi connectivity index (χ0v) is 11.6. The second kappa shape index (κ2) is 5.85. The molecule has 0 aliphatic carbocycles. The van der Waals surface area contributed by atoms with Gasteiger partial charge in [-0.15, -0.1) is 0 Å². The number of nitrogens with zero attached hydrogens (tertiary/aromatic N) is 1. The molecule has 0 amide bonds. The van der Waals surface area contributed by atoms with Crippen LogP contribution in [0.25, 0.3) is 0 Å². The second-order valence-electron chi connectivity index (χ2n) is 3.77. The Morgan fingerprint density at radius 2 is 2.05 bits per heavy atom. The molecule has 4 heteroatoms. The number of ketones is 1. The first-order valence-electron chi connectivity index (χ1n) is 6.16. The number of pyridine rings is 1. The molecule has 1 aromatic carbocycles. The molecule has 98 valence electrons. The van der Waals surface area contributed by atoms with Crippen molar-refractivity contribution in [2.75, 3.05) is 0 Å². The van der Waals surface area contributed by atoms with Gasteiger partial charge in [0, 0.05) is 16.8 Å². The number of aromatic nitrogens is 1. The van der Waals surface area contributed by atoms with Crippen molar-refractivity contribution in [3.8, 4) is 5.75 Å². The van der Waals surface area contributed by atoms with Crippen LogP contribution in [0.4, 0.5) is 0 Å². The van der Waals surface area contributed by atoms with Gasteiger partial charge in [-0.2, -0.15) is 0 Å². The third kappa shape index (κ3) is 2.61. The van der Waals surface area contributed by atoms with E-state index in [1.54, 1.807) is 30.5 Å². The molecule has 2 aromatic rings. The minimum atomic E-state index is -0.121. The first-order valence-corrected chi connectivity index (χ1v) is 6.54. The third-order valence-electron chi connectivity index (χ3n) is 2.68. The van der Waals surface area contributed by atoms with Gasteiger partial charge in [-0.3, -0.25) is 9.78 Å². The lowest BCUT2D eigenvalue weighted by molar-refractivity contribution is 0.103. The molecule has 0 N–H and O–H groups in total. The van der Waals surface area contributed by atoms with Gasteiger partial charge in [0.1, 0.15) is 18.1 Å². The number of hydrogen-bond donors (Lipinski definition) is 0. The van der Waals surface area contributed by atoms with E-state index in [4.69, 9.17) is 16.3 Å². The summed E-state index contributed by atoms with van der Waals surface area (Å²) >= 11 is 5.88. The minimum absolute atomic E-state index is 0.121. The SMILES string of the molecule is CC.O=C1c2ccc(Cl)cc2OCc2cccnc21. The highest BCUT2D eigenvalue weighted by Crippen LogP contribution is 2.29. The van der Waals surface area contributed by atoms with Crippen molar-refractivity contribution in [1.29, 1.82) is 0 Å². The summed E-state index contributed by atoms with van der Waals surface area (Å²) in [6, 6.07) is 8.63. The van der Waals surface area contributed by atoms with Crippen LogP contribution < -0.4 is 4.74 Å². The summed E-state index contributed by atoms with van der Waals surface area (Å²) in [7, 11) is 0. The second-order valence-corrected chi connectivity index (χ2v) is 4.21. The maximum Gasteiger partial charge on any atom is 0.215 e. The van der Waals surface area contributed by atoms with Crippen LogP contribution in [0.15, 0.2) is 36.5 Å². The standard InChI is InChI=1S/C13H8ClNO2.C2H6/c14-9-3-4-10-11(6-9)17-7-8-2-1-5-15-12(8)13(10)16;1-2/h1-6H,7H2;1-2H3. The van der Waals surface area contributed by atoms with Crippen LogP contribution in [-0.4, -0.2) is 10.8 Å². The zero-order valence-electron chi connectivity index (χ0n) is 10.8. The Morgan fingerprint density at radius 1 is 1.26 bits per heavy atom. The van der Waals surface area contributed by atoms with E-state index in [-0.39, 0.29) is 5.78 Å². The average Bonchev–Trinajstić information content (AvgIpc) is 2.59. The van der Waals surface area contributed by atoms with E-state index < -0.39 is 0 Å². The molecule has 0 fully saturated rings. The molecule has 1 aromatic heterocycles. The number of carbonyl (C=O) groups is 1. The Labute approximate surface area is 117 Å². The lowest BCUT2D eigenvalue weighted by atomic mass is 10.0. The van der Waals surface area contributed by atoms with Crippen LogP contribution in [0.2, 0.25) is 5.02 Å². The molecule has 1 aliphatic rings. The van der Waals surface area contributed by atoms with Gasteiger partial charge >= 0.3 is 0 Å². The van der Waals surface area contributed by atoms with Gasteiger partial charge < -0.3 is 4.74 Å². The largest absolute Gasteiger partial charge is 0.488 e. The monoisotopic (exact) mass is 275 g/mol. The molecule has 0 atom stereocenters. The Kier molecular flexibility index (Phi) is 4.17. The topological polar surface area (TPSA) is 39.2 Å². The molecular formula is C15H14ClNO2. The summed E-state index contributed by atoms with van der Waals surface area (Å²) in [4.78, 5) is 16.4. The molecule has 2 heterocycles. The van der Waals surface area contributed by atoms with Crippen LogP contribution in [0.1, 0.15) is 35.5 Å². The highest BCUT2D eigenvalue weighted by Gasteiger charge is 2.23. The maximum absolute atomic E-state index is 12.3. The smallest absolute Gasteiger partial charge is 0.215 e. The Morgan fingerprint density at radius 3 is 2.84 bits per heavy atom. The highest BCUT2D eigenvalue weighted by atomic mass is 35.5. The number of hydrogen-bond acceptors (Lipinski definition) is 3. The summed E-state index contributed by atoms with van der Waals surface area (Å²) in [6.45, 7) is 4.34. The highest BCUT2D eigenvalue weighted by molar-refractivity contribution is 6.31. The van der Waals surface area contributed by atoms with E-state index in [0.717, 1.165) is 5.56 Å². The van der Waals surface area contributed by atoms with Crippen molar-refractivity contribution in [3.05, 3.63) is 58.4 Å². The van der Waals surface area contributed by atoms with E-state index >= 15 is 0 Å². The molecule has 3 rings (SSSR count). The number of fused-ring (bicyclic) bond motifs is 2. The van der Waals surface area contributed by atoms with Crippen molar-refractivity contribution in [3.63, 3.8) is 0 Å². The summed E-state index contributed by atoms with van der Waals surface area (Å²) < 4.78 is 5.58. The van der Waals surface area contributed by atoms with Crippen molar-refractivity contribution in [2.45, 2.75) is 20.5 Å². The van der Waals surface area contributed by atoms with Gasteiger partial charge in [0.25, 0.3) is 0 Å². The fraction of sp³-hybridized carbons (Fsp3) is 0.200. The fourth-order valence-corrected chi connectivity index (χ4v) is 2.01. The molecule has 3 nitrogen and oxygen atoms in total. The van der Waals surface area contributed by atoms with Crippen molar-refractivity contribution in [2.24, 2.45) is 0 Å². The molecule has 0 radical (unpaired) electrons. The van der Waals surface area contributed by atoms with Gasteiger partial charge in [0.15, 0.2) is 0 Å². The zero-order chi connectivity index (χ0) is 13.8. The predicted molar refractivity (Wildman–Crippen MR) is 74.8 cm³/mol. The van der Waals surface area contributed by atoms with Crippen molar-refractivity contribution in [1.82, 2.24) is 4.98 Å². The maximum atomic E-state index is 12.3. The van der Waals surface area contributed by atoms with Gasteiger partial charge in [-0.25, -0.2) is 0 Å². The van der Waals surface area contributed by atoms with Crippen molar-refractivity contribution < 1.29 is 9.53 Å². The van der Waals surface area contributed by atoms with Gasteiger partial charge in [0.2, 0.25) is 5.78 Å². The van der Waals surface area contributed by atoms with Crippen LogP contribution in [-0.2, 0) is 6.61 Å². The summed E-state index contributed by atoms with van der Waals surface area (Å²) in [5.41, 5.74) is 1.75. The summed E-state index contributed by atoms with van der Waals surface area (Å²) in [6.07, 6.45) is 1.61. The molecule has 0 saturated heterocycles. The number of benzene rings is 1. The van der Waals surface area contributed by atoms with E-state index in [0.29, 0.717) is 28.6 Å². The van der Waals surface area contributed by atoms with Gasteiger partial charge in [-0.05, 0) is 24.3 Å². The third-order valence-corrected chi connectivity index (χ3v) is 2.91. The molecule has 0 spiro atoms. The fourth-order valence-electron chi connectivity index (χ4n) is 1.85. The van der Waals surface area contributed by atoms with Crippen LogP contribution >= 0.6 is 11.6 Å². The van der Waals surface area contributed by atoms with E-state index in [1.807, 2.05) is 19.9 Å². The van der Waals surface area contributed by atoms with Crippen LogP contribution in [0.5, 0.6) is 5.75 Å². The molecule has 1 aliphatic heterocycles. The quantitative estimate of drug-likeness (QED) is 0.732. The Bertz CT molecular complexity index is 611. The normalized spacial score (nSPS) is 12.3. The lowest BCUT2D eigenvalue weighted by Gasteiger charge is -2.05. The van der Waals surface area contributed by atoms with Gasteiger partial charge in [0.05, 0.1) is 5.56 Å². The number of ether oxygens (including phenoxy) is 1. The van der Waals surface area contributed by atoms with E-state index in [1.165, 1.54) is 0 Å². The number of halogens is 1. The van der Waals surface area contributed by atoms with E-state index in [2.05, 4.69) is 4.98 Å². The molecule has 0 bridgehead atoms. The molecule has 19 heavy (non-hydrogen) atoms. The van der Waals surface area contributed by atoms with E-state index in [9.17, 15) is 4.79 Å². The summed E-state index contributed by atoms with van der Waals surface area (Å²) in [5, 5.41) is 0.551. The first-order chi connectivity index (χ1) is 9.25. The molecule has 0 unspecified atom stereocenters. The average molecular weight is 276 g/mol. The minimum Gasteiger partial charge on any atom is -0.488 e. The lowest BCUT2D eigenvalue weighted by Crippen LogP contribution is -2.05. The molecule has 0 saturated carbocycles. The van der Waals surface area contributed by atoms with Gasteiger partial charge in [-0.1, -0.05) is 31.5 Å². The number of rotatable bonds is 0. The summed E-state index contributed by atoms with van der Waals surface area (Å²) in [5.74, 6) is 0.394. The number of carbonyl (C=O) groups excluding carboxylic acids is 1. The van der Waals surface area contributed by atoms with Crippen LogP contribution in [0, 0.1) is 0 Å². The first kappa shape index (κ1) is 13.6. The Balaban J connectivity index is 0.000000637.